The fourth-order valence-corrected chi connectivity index (χ4v) is 2.06. The maximum Gasteiger partial charge on any atom is 0.416 e. The topological polar surface area (TPSA) is 70.6 Å². The van der Waals surface area contributed by atoms with Gasteiger partial charge in [0.1, 0.15) is 18.5 Å². The van der Waals surface area contributed by atoms with Crippen LogP contribution in [-0.2, 0) is 6.18 Å². The summed E-state index contributed by atoms with van der Waals surface area (Å²) in [6, 6.07) is 10.2. The first-order chi connectivity index (χ1) is 12.2. The van der Waals surface area contributed by atoms with Crippen LogP contribution in [-0.4, -0.2) is 30.4 Å². The number of hydrogen-bond donors (Lipinski definition) is 3. The Morgan fingerprint density at radius 2 is 1.88 bits per heavy atom. The van der Waals surface area contributed by atoms with Gasteiger partial charge in [0.25, 0.3) is 0 Å². The van der Waals surface area contributed by atoms with Gasteiger partial charge < -0.3 is 20.5 Å². The second kappa shape index (κ2) is 8.77. The Balaban J connectivity index is 1.76. The Kier molecular flexibility index (Phi) is 6.70. The molecule has 0 heterocycles. The minimum Gasteiger partial charge on any atom is -0.491 e. The molecule has 0 radical (unpaired) electrons. The van der Waals surface area contributed by atoms with Crippen molar-refractivity contribution in [2.45, 2.75) is 12.3 Å². The van der Waals surface area contributed by atoms with E-state index in [0.29, 0.717) is 10.7 Å². The van der Waals surface area contributed by atoms with E-state index in [1.807, 2.05) is 0 Å². The average molecular weight is 389 g/mol. The van der Waals surface area contributed by atoms with Gasteiger partial charge >= 0.3 is 12.2 Å². The number of benzene rings is 2. The quantitative estimate of drug-likeness (QED) is 0.702. The van der Waals surface area contributed by atoms with Gasteiger partial charge in [-0.25, -0.2) is 4.79 Å². The predicted molar refractivity (Wildman–Crippen MR) is 91.4 cm³/mol. The Hall–Kier alpha value is -2.45. The molecule has 0 spiro atoms. The summed E-state index contributed by atoms with van der Waals surface area (Å²) in [5.41, 5.74) is -0.327. The smallest absolute Gasteiger partial charge is 0.416 e. The van der Waals surface area contributed by atoms with Crippen molar-refractivity contribution in [3.05, 3.63) is 59.1 Å². The summed E-state index contributed by atoms with van der Waals surface area (Å²) < 4.78 is 43.0. The molecule has 0 aliphatic rings. The number of alkyl halides is 3. The number of urea groups is 1. The third-order valence-corrected chi connectivity index (χ3v) is 3.46. The molecule has 0 fully saturated rings. The molecule has 0 saturated carbocycles. The number of amides is 2. The number of carbonyl (C=O) groups is 1. The number of anilines is 1. The number of halogens is 4. The number of carbonyl (C=O) groups excluding carboxylic acids is 1. The van der Waals surface area contributed by atoms with Gasteiger partial charge in [-0.1, -0.05) is 17.7 Å². The molecular weight excluding hydrogens is 373 g/mol. The summed E-state index contributed by atoms with van der Waals surface area (Å²) in [4.78, 5) is 11.7. The molecule has 2 amide bonds. The van der Waals surface area contributed by atoms with Crippen LogP contribution in [0.2, 0.25) is 5.02 Å². The molecule has 5 nitrogen and oxygen atoms in total. The molecule has 2 rings (SSSR count). The van der Waals surface area contributed by atoms with E-state index in [9.17, 15) is 23.1 Å². The van der Waals surface area contributed by atoms with Crippen molar-refractivity contribution in [1.29, 1.82) is 0 Å². The number of ether oxygens (including phenoxy) is 1. The Morgan fingerprint density at radius 1 is 1.19 bits per heavy atom. The Bertz CT molecular complexity index is 739. The fourth-order valence-electron chi connectivity index (χ4n) is 1.93. The molecule has 9 heteroatoms. The fraction of sp³-hybridized carbons (Fsp3) is 0.235. The summed E-state index contributed by atoms with van der Waals surface area (Å²) in [5, 5.41) is 15.3. The van der Waals surface area contributed by atoms with Gasteiger partial charge in [-0.3, -0.25) is 0 Å². The van der Waals surface area contributed by atoms with Crippen LogP contribution < -0.4 is 15.4 Å². The maximum atomic E-state index is 12.6. The van der Waals surface area contributed by atoms with Gasteiger partial charge in [0.2, 0.25) is 0 Å². The molecule has 140 valence electrons. The van der Waals surface area contributed by atoms with Gasteiger partial charge in [0.15, 0.2) is 0 Å². The van der Waals surface area contributed by atoms with Crippen LogP contribution >= 0.6 is 11.6 Å². The van der Waals surface area contributed by atoms with E-state index in [1.165, 1.54) is 12.1 Å². The van der Waals surface area contributed by atoms with E-state index in [0.717, 1.165) is 12.1 Å². The lowest BCUT2D eigenvalue weighted by molar-refractivity contribution is -0.137. The number of aliphatic hydroxyl groups is 1. The summed E-state index contributed by atoms with van der Waals surface area (Å²) in [5.74, 6) is -0.0236. The lowest BCUT2D eigenvalue weighted by atomic mass is 10.2. The van der Waals surface area contributed by atoms with Crippen LogP contribution in [0.25, 0.3) is 0 Å². The highest BCUT2D eigenvalue weighted by atomic mass is 35.5. The third-order valence-electron chi connectivity index (χ3n) is 3.20. The molecular formula is C17H16ClF3N2O3. The van der Waals surface area contributed by atoms with E-state index in [1.54, 1.807) is 24.3 Å². The molecule has 0 aliphatic heterocycles. The largest absolute Gasteiger partial charge is 0.491 e. The molecule has 0 bridgehead atoms. The monoisotopic (exact) mass is 388 g/mol. The van der Waals surface area contributed by atoms with Gasteiger partial charge in [0, 0.05) is 17.3 Å². The molecule has 2 aromatic rings. The number of rotatable bonds is 6. The zero-order chi connectivity index (χ0) is 19.2. The van der Waals surface area contributed by atoms with Crippen molar-refractivity contribution in [2.24, 2.45) is 0 Å². The Morgan fingerprint density at radius 3 is 2.54 bits per heavy atom. The van der Waals surface area contributed by atoms with E-state index < -0.39 is 23.9 Å². The van der Waals surface area contributed by atoms with Crippen LogP contribution in [0.5, 0.6) is 5.75 Å². The van der Waals surface area contributed by atoms with Crippen molar-refractivity contribution >= 4 is 23.3 Å². The Labute approximate surface area is 152 Å². The van der Waals surface area contributed by atoms with Gasteiger partial charge in [-0.2, -0.15) is 13.2 Å². The summed E-state index contributed by atoms with van der Waals surface area (Å²) in [6.07, 6.45) is -5.57. The van der Waals surface area contributed by atoms with Crippen molar-refractivity contribution in [3.8, 4) is 5.75 Å². The minimum absolute atomic E-state index is 0.0236. The van der Waals surface area contributed by atoms with Gasteiger partial charge in [-0.05, 0) is 42.5 Å². The zero-order valence-electron chi connectivity index (χ0n) is 13.4. The predicted octanol–water partition coefficient (Wildman–Crippen LogP) is 3.92. The first kappa shape index (κ1) is 19.9. The van der Waals surface area contributed by atoms with Crippen LogP contribution in [0.15, 0.2) is 48.5 Å². The first-order valence-electron chi connectivity index (χ1n) is 7.52. The van der Waals surface area contributed by atoms with Crippen LogP contribution in [0.3, 0.4) is 0 Å². The van der Waals surface area contributed by atoms with E-state index >= 15 is 0 Å². The number of nitrogens with one attached hydrogen (secondary N) is 2. The molecule has 0 aromatic heterocycles. The first-order valence-corrected chi connectivity index (χ1v) is 7.90. The standard InChI is InChI=1S/C17H16ClF3N2O3/c18-12-4-6-13(7-5-12)23-16(25)22-9-14(24)10-26-15-3-1-2-11(8-15)17(19,20)21/h1-8,14,24H,9-10H2,(H2,22,23,25)/t14-/m1/s1. The molecule has 0 aliphatic carbocycles. The second-order valence-electron chi connectivity index (χ2n) is 5.33. The van der Waals surface area contributed by atoms with Gasteiger partial charge in [0.05, 0.1) is 5.56 Å². The van der Waals surface area contributed by atoms with E-state index in [2.05, 4.69) is 10.6 Å². The van der Waals surface area contributed by atoms with Crippen LogP contribution in [0.1, 0.15) is 5.56 Å². The van der Waals surface area contributed by atoms with Crippen molar-refractivity contribution in [3.63, 3.8) is 0 Å². The van der Waals surface area contributed by atoms with Crippen molar-refractivity contribution < 1.29 is 27.8 Å². The van der Waals surface area contributed by atoms with Crippen LogP contribution in [0, 0.1) is 0 Å². The average Bonchev–Trinajstić information content (AvgIpc) is 2.60. The summed E-state index contributed by atoms with van der Waals surface area (Å²) >= 11 is 5.73. The molecule has 1 atom stereocenters. The SMILES string of the molecule is O=C(NC[C@@H](O)COc1cccc(C(F)(F)F)c1)Nc1ccc(Cl)cc1. The molecule has 0 saturated heterocycles. The summed E-state index contributed by atoms with van der Waals surface area (Å²) in [7, 11) is 0. The number of hydrogen-bond acceptors (Lipinski definition) is 3. The highest BCUT2D eigenvalue weighted by Crippen LogP contribution is 2.31. The highest BCUT2D eigenvalue weighted by molar-refractivity contribution is 6.30. The third kappa shape index (κ3) is 6.45. The molecule has 3 N–H and O–H groups in total. The lowest BCUT2D eigenvalue weighted by Crippen LogP contribution is -2.37. The van der Waals surface area contributed by atoms with E-state index in [4.69, 9.17) is 16.3 Å². The zero-order valence-corrected chi connectivity index (χ0v) is 14.1. The second-order valence-corrected chi connectivity index (χ2v) is 5.77. The maximum absolute atomic E-state index is 12.6. The number of aliphatic hydroxyl groups excluding tert-OH is 1. The molecule has 2 aromatic carbocycles. The van der Waals surface area contributed by atoms with Crippen molar-refractivity contribution in [2.75, 3.05) is 18.5 Å². The normalized spacial score (nSPS) is 12.3. The molecule has 26 heavy (non-hydrogen) atoms. The van der Waals surface area contributed by atoms with Crippen molar-refractivity contribution in [1.82, 2.24) is 5.32 Å². The lowest BCUT2D eigenvalue weighted by Gasteiger charge is -2.15. The highest BCUT2D eigenvalue weighted by Gasteiger charge is 2.30. The van der Waals surface area contributed by atoms with Gasteiger partial charge in [-0.15, -0.1) is 0 Å². The van der Waals surface area contributed by atoms with E-state index in [-0.39, 0.29) is 18.9 Å². The minimum atomic E-state index is -4.47. The summed E-state index contributed by atoms with van der Waals surface area (Å²) in [6.45, 7) is -0.416. The molecule has 0 unspecified atom stereocenters. The van der Waals surface area contributed by atoms with Crippen LogP contribution in [0.4, 0.5) is 23.7 Å².